The van der Waals surface area contributed by atoms with Gasteiger partial charge in [-0.15, -0.1) is 0 Å². The zero-order valence-corrected chi connectivity index (χ0v) is 22.7. The summed E-state index contributed by atoms with van der Waals surface area (Å²) < 4.78 is 0. The fourth-order valence-electron chi connectivity index (χ4n) is 6.39. The number of likely N-dealkylation sites (tertiary alicyclic amines) is 1. The van der Waals surface area contributed by atoms with E-state index in [2.05, 4.69) is 15.1 Å². The number of aliphatic hydroxyl groups is 1. The van der Waals surface area contributed by atoms with E-state index in [9.17, 15) is 14.7 Å². The maximum atomic E-state index is 13.8. The third kappa shape index (κ3) is 5.56. The molecule has 2 aliphatic carbocycles. The van der Waals surface area contributed by atoms with Crippen molar-refractivity contribution in [2.24, 2.45) is 16.6 Å². The maximum absolute atomic E-state index is 13.8. The first kappa shape index (κ1) is 28.0. The number of carbonyl (C=O) groups is 2. The van der Waals surface area contributed by atoms with E-state index in [1.54, 1.807) is 12.3 Å². The Labute approximate surface area is 225 Å². The van der Waals surface area contributed by atoms with Crippen LogP contribution in [0.5, 0.6) is 0 Å². The van der Waals surface area contributed by atoms with Gasteiger partial charge in [-0.1, -0.05) is 24.6 Å². The van der Waals surface area contributed by atoms with Crippen molar-refractivity contribution < 1.29 is 14.7 Å². The Morgan fingerprint density at radius 3 is 2.53 bits per heavy atom. The van der Waals surface area contributed by atoms with E-state index in [0.29, 0.717) is 31.9 Å². The van der Waals surface area contributed by atoms with Crippen molar-refractivity contribution in [1.29, 1.82) is 10.9 Å². The van der Waals surface area contributed by atoms with E-state index < -0.39 is 0 Å². The molecule has 1 aliphatic heterocycles. The second-order valence-electron chi connectivity index (χ2n) is 10.9. The number of anilines is 1. The molecular formula is C28H41N7O3. The van der Waals surface area contributed by atoms with Crippen molar-refractivity contribution in [1.82, 2.24) is 14.8 Å². The Morgan fingerprint density at radius 1 is 1.26 bits per heavy atom. The summed E-state index contributed by atoms with van der Waals surface area (Å²) in [7, 11) is 0. The average molecular weight is 524 g/mol. The van der Waals surface area contributed by atoms with Crippen molar-refractivity contribution in [3.05, 3.63) is 35.2 Å². The Hall–Kier alpha value is -2.98. The molecule has 4 rings (SSSR count). The highest BCUT2D eigenvalue weighted by molar-refractivity contribution is 5.99. The first-order valence-corrected chi connectivity index (χ1v) is 13.9. The number of Topliss-reactive ketones (excluding diaryl/α,β-unsaturated/α-hetero) is 1. The summed E-state index contributed by atoms with van der Waals surface area (Å²) in [6.07, 6.45) is 10.7. The first-order chi connectivity index (χ1) is 18.4. The zero-order chi connectivity index (χ0) is 27.3. The summed E-state index contributed by atoms with van der Waals surface area (Å²) in [5.74, 6) is 0.969. The van der Waals surface area contributed by atoms with Gasteiger partial charge < -0.3 is 10.0 Å². The van der Waals surface area contributed by atoms with Gasteiger partial charge in [-0.25, -0.2) is 4.98 Å². The number of hydrogen-bond acceptors (Lipinski definition) is 8. The number of pyridine rings is 1. The highest BCUT2D eigenvalue weighted by Gasteiger charge is 2.50. The van der Waals surface area contributed by atoms with Crippen LogP contribution in [0.4, 0.5) is 5.82 Å². The molecule has 1 saturated heterocycles. The fraction of sp³-hybridized carbons (Fsp3) is 0.643. The first-order valence-electron chi connectivity index (χ1n) is 13.9. The lowest BCUT2D eigenvalue weighted by Gasteiger charge is -2.41. The van der Waals surface area contributed by atoms with Crippen LogP contribution in [0.15, 0.2) is 34.8 Å². The summed E-state index contributed by atoms with van der Waals surface area (Å²) in [6.45, 7) is 5.86. The summed E-state index contributed by atoms with van der Waals surface area (Å²) in [5.41, 5.74) is 9.46. The van der Waals surface area contributed by atoms with E-state index in [1.165, 1.54) is 0 Å². The van der Waals surface area contributed by atoms with Gasteiger partial charge in [0, 0.05) is 49.1 Å². The lowest BCUT2D eigenvalue weighted by atomic mass is 9.71. The highest BCUT2D eigenvalue weighted by atomic mass is 16.3. The molecule has 1 aromatic rings. The second-order valence-corrected chi connectivity index (χ2v) is 10.9. The van der Waals surface area contributed by atoms with Gasteiger partial charge in [-0.05, 0) is 69.9 Å². The summed E-state index contributed by atoms with van der Waals surface area (Å²) in [4.78, 5) is 35.2. The maximum Gasteiger partial charge on any atom is 0.233 e. The summed E-state index contributed by atoms with van der Waals surface area (Å²) in [6, 6.07) is 3.90. The smallest absolute Gasteiger partial charge is 0.233 e. The lowest BCUT2D eigenvalue weighted by molar-refractivity contribution is -0.136. The van der Waals surface area contributed by atoms with Gasteiger partial charge in [-0.3, -0.25) is 19.9 Å². The van der Waals surface area contributed by atoms with Crippen LogP contribution in [0.25, 0.3) is 0 Å². The van der Waals surface area contributed by atoms with Gasteiger partial charge in [0.05, 0.1) is 12.0 Å². The van der Waals surface area contributed by atoms with Crippen molar-refractivity contribution in [2.75, 3.05) is 24.7 Å². The largest absolute Gasteiger partial charge is 0.395 e. The minimum atomic E-state index is -0.346. The van der Waals surface area contributed by atoms with E-state index >= 15 is 0 Å². The highest BCUT2D eigenvalue weighted by Crippen LogP contribution is 2.47. The van der Waals surface area contributed by atoms with Crippen LogP contribution in [-0.4, -0.2) is 63.7 Å². The Morgan fingerprint density at radius 2 is 2.00 bits per heavy atom. The third-order valence-corrected chi connectivity index (χ3v) is 8.93. The van der Waals surface area contributed by atoms with Gasteiger partial charge >= 0.3 is 0 Å². The molecular weight excluding hydrogens is 482 g/mol. The number of carbonyl (C=O) groups excluding carboxylic acids is 2. The van der Waals surface area contributed by atoms with Crippen LogP contribution >= 0.6 is 0 Å². The van der Waals surface area contributed by atoms with Crippen molar-refractivity contribution in [3.8, 4) is 0 Å². The number of nitrogens with one attached hydrogen (secondary N) is 2. The molecule has 1 aromatic heterocycles. The normalized spacial score (nSPS) is 24.4. The Kier molecular flexibility index (Phi) is 9.04. The summed E-state index contributed by atoms with van der Waals surface area (Å²) in [5, 5.41) is 21.4. The number of amides is 1. The molecule has 206 valence electrons. The van der Waals surface area contributed by atoms with Crippen molar-refractivity contribution in [2.45, 2.75) is 84.2 Å². The van der Waals surface area contributed by atoms with Crippen LogP contribution < -0.4 is 5.01 Å². The Bertz CT molecular complexity index is 1050. The molecule has 0 aromatic carbocycles. The number of allylic oxidation sites excluding steroid dienone is 2. The number of rotatable bonds is 12. The predicted octanol–water partition coefficient (Wildman–Crippen LogP) is 4.45. The number of aliphatic hydroxyl groups excluding tert-OH is 1. The summed E-state index contributed by atoms with van der Waals surface area (Å²) >= 11 is 0. The molecule has 2 heterocycles. The van der Waals surface area contributed by atoms with Gasteiger partial charge in [0.15, 0.2) is 11.6 Å². The molecule has 1 amide bonds. The fourth-order valence-corrected chi connectivity index (χ4v) is 6.39. The number of aromatic nitrogens is 1. The molecule has 0 bridgehead atoms. The Balaban J connectivity index is 1.40. The van der Waals surface area contributed by atoms with E-state index in [-0.39, 0.29) is 35.7 Å². The number of hydrogen-bond donors (Lipinski definition) is 3. The third-order valence-electron chi connectivity index (χ3n) is 8.93. The number of nitrogens with zero attached hydrogens (tertiary/aromatic N) is 5. The van der Waals surface area contributed by atoms with E-state index in [4.69, 9.17) is 10.9 Å². The molecule has 0 atom stereocenters. The van der Waals surface area contributed by atoms with Crippen LogP contribution in [0.3, 0.4) is 0 Å². The van der Waals surface area contributed by atoms with Crippen LogP contribution in [0.1, 0.15) is 77.2 Å². The van der Waals surface area contributed by atoms with Gasteiger partial charge in [0.2, 0.25) is 5.91 Å². The van der Waals surface area contributed by atoms with Crippen LogP contribution in [-0.2, 0) is 16.1 Å². The molecule has 3 N–H and O–H groups in total. The molecule has 10 heteroatoms. The standard InChI is InChI=1S/C28H41N7O3/c1-3-24(20(2)26(37)22-5-4-6-22)34-14-13-28(27(34)38)11-9-23(10-12-28)33(15-16-36)18-21-7-8-25(31-17-21)35(19-29)32-30/h7-8,17,19,22-23,29-30,36H,3-6,9-16,18H2,1-2H3/b24-20+,29-19?,32-30?. The minimum absolute atomic E-state index is 0.0537. The molecule has 3 aliphatic rings. The van der Waals surface area contributed by atoms with Crippen LogP contribution in [0, 0.1) is 22.3 Å². The monoisotopic (exact) mass is 523 g/mol. The average Bonchev–Trinajstić information content (AvgIpc) is 3.20. The van der Waals surface area contributed by atoms with E-state index in [0.717, 1.165) is 79.5 Å². The SMILES string of the molecule is CC/C(=C(/C)C(=O)C1CCC1)N1CCC2(CCC(N(CCO)Cc3ccc(N(C=N)N=N)nc3)CC2)C1=O. The zero-order valence-electron chi connectivity index (χ0n) is 22.7. The van der Waals surface area contributed by atoms with Crippen molar-refractivity contribution in [3.63, 3.8) is 0 Å². The molecule has 0 radical (unpaired) electrons. The molecule has 2 saturated carbocycles. The molecule has 1 spiro atoms. The number of ketones is 1. The predicted molar refractivity (Wildman–Crippen MR) is 145 cm³/mol. The lowest BCUT2D eigenvalue weighted by Crippen LogP contribution is -2.44. The topological polar surface area (TPSA) is 137 Å². The van der Waals surface area contributed by atoms with Gasteiger partial charge in [0.25, 0.3) is 0 Å². The molecule has 38 heavy (non-hydrogen) atoms. The van der Waals surface area contributed by atoms with Gasteiger partial charge in [-0.2, -0.15) is 10.5 Å². The van der Waals surface area contributed by atoms with Crippen LogP contribution in [0.2, 0.25) is 0 Å². The van der Waals surface area contributed by atoms with Gasteiger partial charge in [0.1, 0.15) is 6.34 Å². The molecule has 10 nitrogen and oxygen atoms in total. The molecule has 3 fully saturated rings. The second kappa shape index (κ2) is 12.3. The molecule has 0 unspecified atom stereocenters. The van der Waals surface area contributed by atoms with E-state index in [1.807, 2.05) is 24.8 Å². The quantitative estimate of drug-likeness (QED) is 0.122. The minimum Gasteiger partial charge on any atom is -0.395 e. The van der Waals surface area contributed by atoms with Crippen molar-refractivity contribution >= 4 is 23.8 Å².